The Morgan fingerprint density at radius 2 is 1.84 bits per heavy atom. The van der Waals surface area contributed by atoms with E-state index in [1.165, 1.54) is 11.1 Å². The van der Waals surface area contributed by atoms with Gasteiger partial charge in [0.25, 0.3) is 0 Å². The van der Waals surface area contributed by atoms with Crippen LogP contribution in [0.25, 0.3) is 0 Å². The Labute approximate surface area is 113 Å². The Morgan fingerprint density at radius 1 is 1.16 bits per heavy atom. The van der Waals surface area contributed by atoms with Crippen molar-refractivity contribution >= 4 is 0 Å². The van der Waals surface area contributed by atoms with Gasteiger partial charge in [-0.2, -0.15) is 0 Å². The van der Waals surface area contributed by atoms with Crippen molar-refractivity contribution in [1.82, 2.24) is 4.90 Å². The molecule has 3 rings (SSSR count). The van der Waals surface area contributed by atoms with Crippen LogP contribution in [0.2, 0.25) is 0 Å². The molecular formula is C15H21NO3. The van der Waals surface area contributed by atoms with Gasteiger partial charge in [0.15, 0.2) is 11.5 Å². The van der Waals surface area contributed by atoms with Crippen LogP contribution in [0.1, 0.15) is 30.0 Å². The minimum atomic E-state index is -0.220. The number of ether oxygens (including phenoxy) is 2. The van der Waals surface area contributed by atoms with E-state index < -0.39 is 0 Å². The highest BCUT2D eigenvalue weighted by atomic mass is 16.5. The third-order valence-electron chi connectivity index (χ3n) is 4.63. The van der Waals surface area contributed by atoms with Gasteiger partial charge >= 0.3 is 0 Å². The summed E-state index contributed by atoms with van der Waals surface area (Å²) in [6, 6.07) is 4.78. The number of hydrogen-bond donors (Lipinski definition) is 1. The minimum Gasteiger partial charge on any atom is -0.493 e. The molecule has 4 heteroatoms. The van der Waals surface area contributed by atoms with Gasteiger partial charge in [-0.15, -0.1) is 0 Å². The van der Waals surface area contributed by atoms with E-state index >= 15 is 0 Å². The zero-order chi connectivity index (χ0) is 13.6. The van der Waals surface area contributed by atoms with Crippen LogP contribution in [-0.2, 0) is 6.42 Å². The molecular weight excluding hydrogens is 242 g/mol. The number of rotatable bonds is 2. The zero-order valence-electron chi connectivity index (χ0n) is 11.7. The first-order chi connectivity index (χ1) is 9.15. The summed E-state index contributed by atoms with van der Waals surface area (Å²) in [6.07, 6.45) is 2.54. The number of likely N-dealkylation sites (N-methyl/N-ethyl adjacent to an activating group) is 1. The number of aliphatic hydroxyl groups excluding tert-OH is 1. The van der Waals surface area contributed by atoms with E-state index in [9.17, 15) is 5.11 Å². The molecule has 0 saturated carbocycles. The maximum absolute atomic E-state index is 10.1. The summed E-state index contributed by atoms with van der Waals surface area (Å²) >= 11 is 0. The number of aliphatic hydroxyl groups is 1. The first-order valence-electron chi connectivity index (χ1n) is 6.80. The highest BCUT2D eigenvalue weighted by molar-refractivity contribution is 5.50. The summed E-state index contributed by atoms with van der Waals surface area (Å²) in [4.78, 5) is 2.31. The van der Waals surface area contributed by atoms with E-state index in [-0.39, 0.29) is 12.1 Å². The molecule has 3 atom stereocenters. The zero-order valence-corrected chi connectivity index (χ0v) is 11.7. The van der Waals surface area contributed by atoms with Crippen LogP contribution in [0, 0.1) is 0 Å². The molecule has 19 heavy (non-hydrogen) atoms. The van der Waals surface area contributed by atoms with Gasteiger partial charge in [0, 0.05) is 12.1 Å². The van der Waals surface area contributed by atoms with Crippen molar-refractivity contribution in [3.05, 3.63) is 23.3 Å². The fourth-order valence-corrected chi connectivity index (χ4v) is 3.53. The number of fused-ring (bicyclic) bond motifs is 4. The van der Waals surface area contributed by atoms with Crippen LogP contribution < -0.4 is 9.47 Å². The van der Waals surface area contributed by atoms with Gasteiger partial charge in [0.2, 0.25) is 0 Å². The Kier molecular flexibility index (Phi) is 3.15. The minimum absolute atomic E-state index is 0.220. The molecule has 0 aliphatic carbocycles. The van der Waals surface area contributed by atoms with E-state index in [1.807, 2.05) is 0 Å². The Hall–Kier alpha value is -1.26. The second-order valence-corrected chi connectivity index (χ2v) is 5.50. The first-order valence-corrected chi connectivity index (χ1v) is 6.80. The Bertz CT molecular complexity index is 489. The van der Waals surface area contributed by atoms with Crippen LogP contribution in [0.15, 0.2) is 12.1 Å². The van der Waals surface area contributed by atoms with Crippen LogP contribution in [0.3, 0.4) is 0 Å². The fraction of sp³-hybridized carbons (Fsp3) is 0.600. The number of nitrogens with zero attached hydrogens (tertiary/aromatic N) is 1. The van der Waals surface area contributed by atoms with Crippen molar-refractivity contribution in [1.29, 1.82) is 0 Å². The van der Waals surface area contributed by atoms with E-state index in [4.69, 9.17) is 9.47 Å². The van der Waals surface area contributed by atoms with Gasteiger partial charge in [-0.25, -0.2) is 0 Å². The summed E-state index contributed by atoms with van der Waals surface area (Å²) in [7, 11) is 5.44. The van der Waals surface area contributed by atoms with Crippen LogP contribution in [-0.4, -0.2) is 43.4 Å². The van der Waals surface area contributed by atoms with E-state index in [0.29, 0.717) is 6.04 Å². The van der Waals surface area contributed by atoms with Crippen molar-refractivity contribution in [3.8, 4) is 11.5 Å². The molecule has 2 aliphatic heterocycles. The summed E-state index contributed by atoms with van der Waals surface area (Å²) in [5.74, 6) is 1.57. The largest absolute Gasteiger partial charge is 0.493 e. The molecule has 4 nitrogen and oxygen atoms in total. The normalized spacial score (nSPS) is 29.8. The summed E-state index contributed by atoms with van der Waals surface area (Å²) in [5, 5.41) is 10.1. The van der Waals surface area contributed by atoms with Gasteiger partial charge in [-0.3, -0.25) is 4.90 Å². The predicted octanol–water partition coefficient (Wildman–Crippen LogP) is 1.76. The smallest absolute Gasteiger partial charge is 0.161 e. The first kappa shape index (κ1) is 12.8. The molecule has 1 aromatic rings. The molecule has 0 radical (unpaired) electrons. The monoisotopic (exact) mass is 263 g/mol. The molecule has 1 saturated heterocycles. The molecule has 1 aromatic carbocycles. The molecule has 2 bridgehead atoms. The van der Waals surface area contributed by atoms with E-state index in [2.05, 4.69) is 24.1 Å². The van der Waals surface area contributed by atoms with Crippen molar-refractivity contribution in [2.75, 3.05) is 21.3 Å². The quantitative estimate of drug-likeness (QED) is 0.883. The SMILES string of the molecule is COc1cc2c(cc1OC)C1CCC(O)C(C2)N1C. The lowest BCUT2D eigenvalue weighted by molar-refractivity contribution is -0.0154. The standard InChI is InChI=1S/C15H21NO3/c1-16-11-4-5-13(17)12(16)6-9-7-14(18-2)15(19-3)8-10(9)11/h7-8,11-13,17H,4-6H2,1-3H3. The van der Waals surface area contributed by atoms with Gasteiger partial charge in [-0.1, -0.05) is 0 Å². The predicted molar refractivity (Wildman–Crippen MR) is 72.8 cm³/mol. The molecule has 2 aliphatic rings. The molecule has 0 spiro atoms. The van der Waals surface area contributed by atoms with Gasteiger partial charge in [0.05, 0.1) is 20.3 Å². The van der Waals surface area contributed by atoms with Crippen molar-refractivity contribution in [3.63, 3.8) is 0 Å². The lowest BCUT2D eigenvalue weighted by Crippen LogP contribution is -2.51. The third kappa shape index (κ3) is 1.90. The van der Waals surface area contributed by atoms with Crippen molar-refractivity contribution in [2.24, 2.45) is 0 Å². The van der Waals surface area contributed by atoms with Crippen LogP contribution in [0.4, 0.5) is 0 Å². The van der Waals surface area contributed by atoms with Crippen molar-refractivity contribution < 1.29 is 14.6 Å². The average Bonchev–Trinajstić information content (AvgIpc) is 2.42. The van der Waals surface area contributed by atoms with Gasteiger partial charge < -0.3 is 14.6 Å². The lowest BCUT2D eigenvalue weighted by Gasteiger charge is -2.47. The van der Waals surface area contributed by atoms with E-state index in [0.717, 1.165) is 30.8 Å². The number of benzene rings is 1. The average molecular weight is 263 g/mol. The fourth-order valence-electron chi connectivity index (χ4n) is 3.53. The Morgan fingerprint density at radius 3 is 2.53 bits per heavy atom. The van der Waals surface area contributed by atoms with Gasteiger partial charge in [-0.05, 0) is 49.6 Å². The molecule has 104 valence electrons. The molecule has 0 amide bonds. The number of hydrogen-bond acceptors (Lipinski definition) is 4. The lowest BCUT2D eigenvalue weighted by atomic mass is 9.79. The Balaban J connectivity index is 2.08. The maximum Gasteiger partial charge on any atom is 0.161 e. The highest BCUT2D eigenvalue weighted by Gasteiger charge is 2.40. The number of methoxy groups -OCH3 is 2. The van der Waals surface area contributed by atoms with Crippen LogP contribution in [0.5, 0.6) is 11.5 Å². The van der Waals surface area contributed by atoms with Crippen LogP contribution >= 0.6 is 0 Å². The molecule has 3 unspecified atom stereocenters. The summed E-state index contributed by atoms with van der Waals surface area (Å²) in [5.41, 5.74) is 2.60. The molecule has 0 aromatic heterocycles. The van der Waals surface area contributed by atoms with Gasteiger partial charge in [0.1, 0.15) is 0 Å². The molecule has 1 N–H and O–H groups in total. The molecule has 1 fully saturated rings. The maximum atomic E-state index is 10.1. The highest BCUT2D eigenvalue weighted by Crippen LogP contribution is 2.44. The third-order valence-corrected chi connectivity index (χ3v) is 4.63. The summed E-state index contributed by atoms with van der Waals surface area (Å²) < 4.78 is 10.8. The second kappa shape index (κ2) is 4.69. The second-order valence-electron chi connectivity index (χ2n) is 5.50. The molecule has 2 heterocycles. The number of piperidine rings is 1. The summed E-state index contributed by atoms with van der Waals surface area (Å²) in [6.45, 7) is 0. The van der Waals surface area contributed by atoms with Crippen molar-refractivity contribution in [2.45, 2.75) is 37.5 Å². The topological polar surface area (TPSA) is 41.9 Å². The van der Waals surface area contributed by atoms with E-state index in [1.54, 1.807) is 14.2 Å².